The minimum absolute atomic E-state index is 0.175. The molecule has 2 fully saturated rings. The van der Waals surface area contributed by atoms with Crippen LogP contribution in [0.1, 0.15) is 59.3 Å². The van der Waals surface area contributed by atoms with E-state index in [0.29, 0.717) is 11.8 Å². The molecule has 0 aliphatic heterocycles. The van der Waals surface area contributed by atoms with Gasteiger partial charge in [0.05, 0.1) is 5.60 Å². The van der Waals surface area contributed by atoms with E-state index in [0.717, 1.165) is 12.8 Å². The minimum atomic E-state index is -0.450. The molecule has 0 aromatic rings. The molecule has 92 valence electrons. The van der Waals surface area contributed by atoms with Crippen molar-refractivity contribution in [3.05, 3.63) is 12.2 Å². The van der Waals surface area contributed by atoms with Crippen molar-refractivity contribution in [2.45, 2.75) is 64.9 Å². The van der Waals surface area contributed by atoms with Crippen LogP contribution in [0, 0.1) is 17.3 Å². The highest BCUT2D eigenvalue weighted by Crippen LogP contribution is 2.59. The molecule has 1 spiro atoms. The summed E-state index contributed by atoms with van der Waals surface area (Å²) in [6.45, 7) is 10.7. The molecule has 0 unspecified atom stereocenters. The number of hydrogen-bond donors (Lipinski definition) is 1. The molecular formula is C15H26O. The van der Waals surface area contributed by atoms with E-state index in [1.54, 1.807) is 0 Å². The summed E-state index contributed by atoms with van der Waals surface area (Å²) in [5.74, 6) is 1.31. The lowest BCUT2D eigenvalue weighted by atomic mass is 9.57. The molecule has 2 saturated carbocycles. The van der Waals surface area contributed by atoms with Crippen molar-refractivity contribution < 1.29 is 5.11 Å². The summed E-state index contributed by atoms with van der Waals surface area (Å²) in [5.41, 5.74) is 1.04. The molecule has 1 heteroatoms. The second-order valence-electron chi connectivity index (χ2n) is 6.51. The van der Waals surface area contributed by atoms with Gasteiger partial charge in [0, 0.05) is 5.41 Å². The SMILES string of the molecule is C=C(C)[C@@H]1CC[C@@]2(C1)[C@@H](C)CCC[C@]2(C)O. The van der Waals surface area contributed by atoms with Crippen LogP contribution in [0.4, 0.5) is 0 Å². The van der Waals surface area contributed by atoms with Crippen molar-refractivity contribution in [1.29, 1.82) is 0 Å². The van der Waals surface area contributed by atoms with Gasteiger partial charge in [0.15, 0.2) is 0 Å². The molecule has 2 aliphatic carbocycles. The van der Waals surface area contributed by atoms with Crippen LogP contribution in [0.25, 0.3) is 0 Å². The maximum absolute atomic E-state index is 10.8. The van der Waals surface area contributed by atoms with Crippen molar-refractivity contribution in [3.8, 4) is 0 Å². The molecule has 0 saturated heterocycles. The first-order valence-corrected chi connectivity index (χ1v) is 6.77. The molecule has 1 N–H and O–H groups in total. The number of allylic oxidation sites excluding steroid dienone is 1. The lowest BCUT2D eigenvalue weighted by Gasteiger charge is -2.51. The fraction of sp³-hybridized carbons (Fsp3) is 0.867. The van der Waals surface area contributed by atoms with Crippen LogP contribution in [0.15, 0.2) is 12.2 Å². The maximum atomic E-state index is 10.8. The summed E-state index contributed by atoms with van der Waals surface area (Å²) in [7, 11) is 0. The van der Waals surface area contributed by atoms with E-state index in [1.165, 1.54) is 31.3 Å². The minimum Gasteiger partial charge on any atom is -0.390 e. The summed E-state index contributed by atoms with van der Waals surface area (Å²) < 4.78 is 0. The van der Waals surface area contributed by atoms with Gasteiger partial charge in [-0.05, 0) is 57.8 Å². The maximum Gasteiger partial charge on any atom is 0.0678 e. The van der Waals surface area contributed by atoms with Crippen molar-refractivity contribution >= 4 is 0 Å². The van der Waals surface area contributed by atoms with E-state index >= 15 is 0 Å². The quantitative estimate of drug-likeness (QED) is 0.667. The molecule has 0 aromatic carbocycles. The predicted octanol–water partition coefficient (Wildman–Crippen LogP) is 3.92. The molecule has 0 bridgehead atoms. The Morgan fingerprint density at radius 3 is 2.50 bits per heavy atom. The first kappa shape index (κ1) is 12.2. The van der Waals surface area contributed by atoms with Crippen molar-refractivity contribution in [1.82, 2.24) is 0 Å². The zero-order chi connectivity index (χ0) is 12.0. The Labute approximate surface area is 99.9 Å². The van der Waals surface area contributed by atoms with E-state index in [-0.39, 0.29) is 5.41 Å². The first-order valence-electron chi connectivity index (χ1n) is 6.77. The van der Waals surface area contributed by atoms with E-state index in [9.17, 15) is 5.11 Å². The Balaban J connectivity index is 2.25. The van der Waals surface area contributed by atoms with Gasteiger partial charge in [-0.15, -0.1) is 0 Å². The van der Waals surface area contributed by atoms with Crippen molar-refractivity contribution in [2.75, 3.05) is 0 Å². The van der Waals surface area contributed by atoms with Crippen LogP contribution in [-0.4, -0.2) is 10.7 Å². The predicted molar refractivity (Wildman–Crippen MR) is 68.2 cm³/mol. The summed E-state index contributed by atoms with van der Waals surface area (Å²) in [6, 6.07) is 0. The first-order chi connectivity index (χ1) is 7.39. The lowest BCUT2D eigenvalue weighted by Crippen LogP contribution is -2.51. The fourth-order valence-electron chi connectivity index (χ4n) is 4.24. The molecule has 0 radical (unpaired) electrons. The smallest absolute Gasteiger partial charge is 0.0678 e. The normalized spacial score (nSPS) is 48.5. The van der Waals surface area contributed by atoms with Crippen molar-refractivity contribution in [2.24, 2.45) is 17.3 Å². The summed E-state index contributed by atoms with van der Waals surface area (Å²) in [5, 5.41) is 10.8. The van der Waals surface area contributed by atoms with Gasteiger partial charge < -0.3 is 5.11 Å². The van der Waals surface area contributed by atoms with Gasteiger partial charge in [-0.3, -0.25) is 0 Å². The summed E-state index contributed by atoms with van der Waals surface area (Å²) in [4.78, 5) is 0. The average Bonchev–Trinajstić information content (AvgIpc) is 2.61. The van der Waals surface area contributed by atoms with Gasteiger partial charge >= 0.3 is 0 Å². The zero-order valence-electron chi connectivity index (χ0n) is 11.1. The Morgan fingerprint density at radius 1 is 1.31 bits per heavy atom. The summed E-state index contributed by atoms with van der Waals surface area (Å²) >= 11 is 0. The Hall–Kier alpha value is -0.300. The van der Waals surface area contributed by atoms with Crippen molar-refractivity contribution in [3.63, 3.8) is 0 Å². The highest BCUT2D eigenvalue weighted by Gasteiger charge is 2.55. The van der Waals surface area contributed by atoms with Gasteiger partial charge in [0.2, 0.25) is 0 Å². The summed E-state index contributed by atoms with van der Waals surface area (Å²) in [6.07, 6.45) is 7.05. The monoisotopic (exact) mass is 222 g/mol. The van der Waals surface area contributed by atoms with Crippen LogP contribution in [0.2, 0.25) is 0 Å². The standard InChI is InChI=1S/C15H26O/c1-11(2)13-7-9-15(10-13)12(3)6-5-8-14(15,4)16/h12-13,16H,1,5-10H2,2-4H3/t12-,13+,14-,15+/m0/s1. The van der Waals surface area contributed by atoms with Gasteiger partial charge in [0.25, 0.3) is 0 Å². The Bertz CT molecular complexity index is 292. The van der Waals surface area contributed by atoms with E-state index in [1.807, 2.05) is 0 Å². The van der Waals surface area contributed by atoms with Crippen LogP contribution < -0.4 is 0 Å². The van der Waals surface area contributed by atoms with Gasteiger partial charge in [0.1, 0.15) is 0 Å². The number of aliphatic hydroxyl groups is 1. The van der Waals surface area contributed by atoms with Crippen LogP contribution >= 0.6 is 0 Å². The molecule has 4 atom stereocenters. The second-order valence-corrected chi connectivity index (χ2v) is 6.51. The molecular weight excluding hydrogens is 196 g/mol. The zero-order valence-corrected chi connectivity index (χ0v) is 11.1. The van der Waals surface area contributed by atoms with Gasteiger partial charge in [-0.25, -0.2) is 0 Å². The average molecular weight is 222 g/mol. The molecule has 0 heterocycles. The highest BCUT2D eigenvalue weighted by molar-refractivity contribution is 5.11. The fourth-order valence-corrected chi connectivity index (χ4v) is 4.24. The third-order valence-corrected chi connectivity index (χ3v) is 5.56. The molecule has 2 aliphatic rings. The highest BCUT2D eigenvalue weighted by atomic mass is 16.3. The second kappa shape index (κ2) is 3.87. The topological polar surface area (TPSA) is 20.2 Å². The molecule has 0 aromatic heterocycles. The number of rotatable bonds is 1. The van der Waals surface area contributed by atoms with Crippen LogP contribution in [0.5, 0.6) is 0 Å². The molecule has 1 nitrogen and oxygen atoms in total. The van der Waals surface area contributed by atoms with E-state index in [2.05, 4.69) is 27.4 Å². The van der Waals surface area contributed by atoms with Gasteiger partial charge in [-0.1, -0.05) is 25.5 Å². The van der Waals surface area contributed by atoms with Crippen LogP contribution in [-0.2, 0) is 0 Å². The Morgan fingerprint density at radius 2 is 2.00 bits per heavy atom. The molecule has 0 amide bonds. The third-order valence-electron chi connectivity index (χ3n) is 5.56. The van der Waals surface area contributed by atoms with E-state index < -0.39 is 5.60 Å². The third kappa shape index (κ3) is 1.64. The van der Waals surface area contributed by atoms with E-state index in [4.69, 9.17) is 0 Å². The largest absolute Gasteiger partial charge is 0.390 e. The van der Waals surface area contributed by atoms with Gasteiger partial charge in [-0.2, -0.15) is 0 Å². The Kier molecular flexibility index (Phi) is 2.94. The van der Waals surface area contributed by atoms with Crippen LogP contribution in [0.3, 0.4) is 0 Å². The lowest BCUT2D eigenvalue weighted by molar-refractivity contribution is -0.127. The number of hydrogen-bond acceptors (Lipinski definition) is 1. The molecule has 16 heavy (non-hydrogen) atoms. The molecule has 2 rings (SSSR count).